The molecule has 0 radical (unpaired) electrons. The summed E-state index contributed by atoms with van der Waals surface area (Å²) in [5, 5.41) is 3.14. The number of carbonyl (C=O) groups excluding carboxylic acids is 1. The number of aromatic nitrogens is 2. The van der Waals surface area contributed by atoms with E-state index in [1.54, 1.807) is 6.33 Å². The molecular weight excluding hydrogens is 328 g/mol. The summed E-state index contributed by atoms with van der Waals surface area (Å²) in [4.78, 5) is 22.3. The predicted octanol–water partition coefficient (Wildman–Crippen LogP) is 2.26. The Kier molecular flexibility index (Phi) is 4.09. The van der Waals surface area contributed by atoms with Gasteiger partial charge in [-0.15, -0.1) is 0 Å². The zero-order valence-corrected chi connectivity index (χ0v) is 15.7. The van der Waals surface area contributed by atoms with Crippen LogP contribution in [0, 0.1) is 18.8 Å². The second-order valence-electron chi connectivity index (χ2n) is 8.84. The first kappa shape index (κ1) is 16.8. The van der Waals surface area contributed by atoms with Gasteiger partial charge in [-0.2, -0.15) is 0 Å². The van der Waals surface area contributed by atoms with Crippen LogP contribution in [0.15, 0.2) is 6.33 Å². The van der Waals surface area contributed by atoms with Crippen LogP contribution >= 0.6 is 0 Å². The molecule has 3 saturated heterocycles. The molecule has 4 fully saturated rings. The summed E-state index contributed by atoms with van der Waals surface area (Å²) in [6.07, 6.45) is 11.1. The number of nitrogens with one attached hydrogen (secondary N) is 2. The molecule has 6 heteroatoms. The molecule has 0 unspecified atom stereocenters. The van der Waals surface area contributed by atoms with Crippen molar-refractivity contribution in [2.24, 2.45) is 11.8 Å². The number of hydrogen-bond donors (Lipinski definition) is 2. The van der Waals surface area contributed by atoms with Crippen molar-refractivity contribution in [1.82, 2.24) is 20.2 Å². The van der Waals surface area contributed by atoms with Crippen molar-refractivity contribution < 1.29 is 9.53 Å². The lowest BCUT2D eigenvalue weighted by Crippen LogP contribution is -2.42. The third-order valence-corrected chi connectivity index (χ3v) is 7.44. The lowest BCUT2D eigenvalue weighted by molar-refractivity contribution is -0.00286. The molecule has 2 N–H and O–H groups in total. The number of carbonyl (C=O) groups is 1. The highest BCUT2D eigenvalue weighted by molar-refractivity contribution is 5.93. The van der Waals surface area contributed by atoms with Gasteiger partial charge in [-0.25, -0.2) is 4.98 Å². The van der Waals surface area contributed by atoms with E-state index in [0.717, 1.165) is 31.2 Å². The fourth-order valence-electron chi connectivity index (χ4n) is 6.11. The van der Waals surface area contributed by atoms with Crippen LogP contribution in [0.1, 0.15) is 61.1 Å². The minimum atomic E-state index is -0.0669. The van der Waals surface area contributed by atoms with Gasteiger partial charge < -0.3 is 15.0 Å². The third-order valence-electron chi connectivity index (χ3n) is 7.44. The van der Waals surface area contributed by atoms with Crippen molar-refractivity contribution in [3.63, 3.8) is 0 Å². The van der Waals surface area contributed by atoms with E-state index in [1.807, 2.05) is 6.92 Å². The maximum absolute atomic E-state index is 12.4. The van der Waals surface area contributed by atoms with Crippen molar-refractivity contribution in [2.75, 3.05) is 19.6 Å². The Balaban J connectivity index is 1.26. The highest BCUT2D eigenvalue weighted by Crippen LogP contribution is 2.55. The third kappa shape index (κ3) is 2.61. The van der Waals surface area contributed by atoms with Crippen LogP contribution in [-0.4, -0.2) is 58.2 Å². The molecule has 4 atom stereocenters. The van der Waals surface area contributed by atoms with Gasteiger partial charge in [0.15, 0.2) is 0 Å². The fourth-order valence-corrected chi connectivity index (χ4v) is 6.11. The average molecular weight is 358 g/mol. The first-order chi connectivity index (χ1) is 12.7. The molecular formula is C20H30N4O2. The van der Waals surface area contributed by atoms with E-state index in [2.05, 4.69) is 20.2 Å². The van der Waals surface area contributed by atoms with Crippen LogP contribution in [0.2, 0.25) is 0 Å². The number of hydrogen-bond acceptors (Lipinski definition) is 4. The van der Waals surface area contributed by atoms with Crippen LogP contribution < -0.4 is 5.32 Å². The number of fused-ring (bicyclic) bond motifs is 1. The van der Waals surface area contributed by atoms with Crippen LogP contribution in [0.5, 0.6) is 0 Å². The molecule has 1 saturated carbocycles. The van der Waals surface area contributed by atoms with Crippen LogP contribution in [-0.2, 0) is 4.74 Å². The Labute approximate surface area is 155 Å². The Bertz CT molecular complexity index is 683. The van der Waals surface area contributed by atoms with Gasteiger partial charge in [0, 0.05) is 43.2 Å². The predicted molar refractivity (Wildman–Crippen MR) is 97.9 cm³/mol. The molecule has 1 aromatic rings. The molecule has 0 aromatic carbocycles. The first-order valence-corrected chi connectivity index (χ1v) is 10.4. The largest absolute Gasteiger partial charge is 0.370 e. The number of amides is 1. The second-order valence-corrected chi connectivity index (χ2v) is 8.84. The standard InChI is InChI=1S/C20H30N4O2/c1-13-18(23-12-22-13)19(25)21-9-15-16-10-24(14-5-3-2-4-6-14)11-20(16)8-7-17(15)26-20/h12,14-17H,2-11H2,1H3,(H,21,25)(H,22,23)/t15-,16+,17+,20+/m0/s1. The SMILES string of the molecule is Cc1[nH]cnc1C(=O)NC[C@H]1[C@H]2CN(C3CCCCC3)C[C@]23CC[C@H]1O3. The monoisotopic (exact) mass is 358 g/mol. The van der Waals surface area contributed by atoms with Crippen molar-refractivity contribution in [1.29, 1.82) is 0 Å². The van der Waals surface area contributed by atoms with E-state index in [1.165, 1.54) is 38.5 Å². The van der Waals surface area contributed by atoms with E-state index in [9.17, 15) is 4.79 Å². The van der Waals surface area contributed by atoms with E-state index in [0.29, 0.717) is 30.2 Å². The summed E-state index contributed by atoms with van der Waals surface area (Å²) in [5.74, 6) is 0.951. The number of H-pyrrole nitrogens is 1. The van der Waals surface area contributed by atoms with Crippen molar-refractivity contribution in [3.05, 3.63) is 17.7 Å². The molecule has 142 valence electrons. The second kappa shape index (κ2) is 6.34. The topological polar surface area (TPSA) is 70.2 Å². The maximum Gasteiger partial charge on any atom is 0.271 e. The molecule has 1 spiro atoms. The summed E-state index contributed by atoms with van der Waals surface area (Å²) in [7, 11) is 0. The van der Waals surface area contributed by atoms with Gasteiger partial charge in [-0.1, -0.05) is 19.3 Å². The van der Waals surface area contributed by atoms with Crippen LogP contribution in [0.25, 0.3) is 0 Å². The summed E-state index contributed by atoms with van der Waals surface area (Å²) >= 11 is 0. The van der Waals surface area contributed by atoms with E-state index in [-0.39, 0.29) is 11.5 Å². The van der Waals surface area contributed by atoms with Gasteiger partial charge in [0.25, 0.3) is 5.91 Å². The van der Waals surface area contributed by atoms with Crippen molar-refractivity contribution >= 4 is 5.91 Å². The Hall–Kier alpha value is -1.40. The Morgan fingerprint density at radius 3 is 3.00 bits per heavy atom. The molecule has 1 amide bonds. The highest BCUT2D eigenvalue weighted by atomic mass is 16.5. The summed E-state index contributed by atoms with van der Waals surface area (Å²) in [5.41, 5.74) is 1.41. The number of imidazole rings is 1. The van der Waals surface area contributed by atoms with Gasteiger partial charge in [0.2, 0.25) is 0 Å². The van der Waals surface area contributed by atoms with E-state index < -0.39 is 0 Å². The van der Waals surface area contributed by atoms with Gasteiger partial charge in [-0.3, -0.25) is 9.69 Å². The molecule has 5 rings (SSSR count). The number of ether oxygens (including phenoxy) is 1. The van der Waals surface area contributed by atoms with Crippen molar-refractivity contribution in [2.45, 2.75) is 69.6 Å². The Morgan fingerprint density at radius 1 is 1.38 bits per heavy atom. The molecule has 1 aliphatic carbocycles. The fraction of sp³-hybridized carbons (Fsp3) is 0.800. The van der Waals surface area contributed by atoms with Crippen molar-refractivity contribution in [3.8, 4) is 0 Å². The average Bonchev–Trinajstić information content (AvgIpc) is 3.40. The lowest BCUT2D eigenvalue weighted by Gasteiger charge is -2.32. The van der Waals surface area contributed by atoms with Gasteiger partial charge in [-0.05, 0) is 32.6 Å². The van der Waals surface area contributed by atoms with Gasteiger partial charge in [0.1, 0.15) is 5.69 Å². The summed E-state index contributed by atoms with van der Waals surface area (Å²) in [6, 6.07) is 0.758. The number of aryl methyl sites for hydroxylation is 1. The number of aromatic amines is 1. The molecule has 1 aromatic heterocycles. The smallest absolute Gasteiger partial charge is 0.271 e. The summed E-state index contributed by atoms with van der Waals surface area (Å²) < 4.78 is 6.55. The summed E-state index contributed by atoms with van der Waals surface area (Å²) in [6.45, 7) is 4.86. The number of nitrogens with zero attached hydrogens (tertiary/aromatic N) is 2. The molecule has 4 aliphatic rings. The maximum atomic E-state index is 12.4. The quantitative estimate of drug-likeness (QED) is 0.866. The zero-order chi connectivity index (χ0) is 17.7. The van der Waals surface area contributed by atoms with E-state index in [4.69, 9.17) is 4.74 Å². The zero-order valence-electron chi connectivity index (χ0n) is 15.7. The minimum Gasteiger partial charge on any atom is -0.370 e. The van der Waals surface area contributed by atoms with E-state index >= 15 is 0 Å². The number of rotatable bonds is 4. The highest BCUT2D eigenvalue weighted by Gasteiger charge is 2.63. The van der Waals surface area contributed by atoms with Gasteiger partial charge in [0.05, 0.1) is 18.0 Å². The molecule has 2 bridgehead atoms. The molecule has 26 heavy (non-hydrogen) atoms. The van der Waals surface area contributed by atoms with Crippen LogP contribution in [0.3, 0.4) is 0 Å². The normalized spacial score (nSPS) is 37.2. The van der Waals surface area contributed by atoms with Crippen LogP contribution in [0.4, 0.5) is 0 Å². The first-order valence-electron chi connectivity index (χ1n) is 10.4. The van der Waals surface area contributed by atoms with Gasteiger partial charge >= 0.3 is 0 Å². The Morgan fingerprint density at radius 2 is 2.23 bits per heavy atom. The minimum absolute atomic E-state index is 0.0669. The molecule has 6 nitrogen and oxygen atoms in total. The lowest BCUT2D eigenvalue weighted by atomic mass is 9.73. The molecule has 3 aliphatic heterocycles. The number of likely N-dealkylation sites (tertiary alicyclic amines) is 1. The molecule has 4 heterocycles.